The second-order valence-corrected chi connectivity index (χ2v) is 7.41. The highest BCUT2D eigenvalue weighted by Gasteiger charge is 2.08. The van der Waals surface area contributed by atoms with E-state index in [1.807, 2.05) is 0 Å². The van der Waals surface area contributed by atoms with Gasteiger partial charge >= 0.3 is 0 Å². The minimum Gasteiger partial charge on any atom is -0.778 e. The van der Waals surface area contributed by atoms with Crippen molar-refractivity contribution in [3.8, 4) is 0 Å². The van der Waals surface area contributed by atoms with Gasteiger partial charge < -0.3 is 14.0 Å². The third kappa shape index (κ3) is 5.24. The molecule has 0 spiro atoms. The molecule has 0 bridgehead atoms. The van der Waals surface area contributed by atoms with Crippen LogP contribution >= 0.6 is 42.9 Å². The molecule has 86 valence electrons. The molecule has 0 radical (unpaired) electrons. The summed E-state index contributed by atoms with van der Waals surface area (Å²) in [5.41, 5.74) is 0. The fourth-order valence-electron chi connectivity index (χ4n) is 0.784. The Kier molecular flexibility index (Phi) is 5.45. The van der Waals surface area contributed by atoms with Crippen molar-refractivity contribution in [3.63, 3.8) is 0 Å². The lowest BCUT2D eigenvalue weighted by atomic mass is 10.9. The molecule has 0 aliphatic rings. The number of aromatic amines is 1. The van der Waals surface area contributed by atoms with Crippen molar-refractivity contribution in [1.29, 1.82) is 0 Å². The van der Waals surface area contributed by atoms with Gasteiger partial charge in [0.15, 0.2) is 8.29 Å². The highest BCUT2D eigenvalue weighted by molar-refractivity contribution is 8.01. The number of aromatic nitrogens is 2. The van der Waals surface area contributed by atoms with Crippen LogP contribution in [0.2, 0.25) is 0 Å². The smallest absolute Gasteiger partial charge is 0.177 e. The van der Waals surface area contributed by atoms with E-state index >= 15 is 0 Å². The van der Waals surface area contributed by atoms with Crippen molar-refractivity contribution in [2.24, 2.45) is 0 Å². The molecule has 0 amide bonds. The second-order valence-electron chi connectivity index (χ2n) is 2.48. The van der Waals surface area contributed by atoms with Gasteiger partial charge in [0.25, 0.3) is 0 Å². The Morgan fingerprint density at radius 3 is 3.07 bits per heavy atom. The van der Waals surface area contributed by atoms with E-state index in [2.05, 4.69) is 14.7 Å². The molecular weight excluding hydrogens is 275 g/mol. The maximum Gasteiger partial charge on any atom is 0.177 e. The SMILES string of the molecule is CCOP(=O)([O-])CCSc1n[nH]c(=S)s1. The van der Waals surface area contributed by atoms with Crippen LogP contribution in [0.1, 0.15) is 6.92 Å². The number of nitrogens with one attached hydrogen (secondary N) is 1. The molecular formula is C6H10N2O3PS3-. The lowest BCUT2D eigenvalue weighted by molar-refractivity contribution is -0.197. The van der Waals surface area contributed by atoms with Crippen molar-refractivity contribution in [1.82, 2.24) is 10.2 Å². The summed E-state index contributed by atoms with van der Waals surface area (Å²) in [6, 6.07) is 0. The molecule has 0 saturated heterocycles. The largest absolute Gasteiger partial charge is 0.778 e. The number of hydrogen-bond acceptors (Lipinski definition) is 7. The first kappa shape index (κ1) is 13.3. The van der Waals surface area contributed by atoms with E-state index in [0.29, 0.717) is 9.71 Å². The normalized spacial score (nSPS) is 15.1. The van der Waals surface area contributed by atoms with Crippen LogP contribution in [0.25, 0.3) is 0 Å². The average molecular weight is 285 g/mol. The Bertz CT molecular complexity index is 404. The Hall–Kier alpha value is 0.280. The highest BCUT2D eigenvalue weighted by atomic mass is 32.2. The van der Waals surface area contributed by atoms with E-state index in [0.717, 1.165) is 4.34 Å². The van der Waals surface area contributed by atoms with Crippen molar-refractivity contribution in [2.45, 2.75) is 11.3 Å². The predicted octanol–water partition coefficient (Wildman–Crippen LogP) is 1.88. The zero-order valence-electron chi connectivity index (χ0n) is 7.97. The minimum absolute atomic E-state index is 0.0118. The van der Waals surface area contributed by atoms with Crippen molar-refractivity contribution >= 4 is 42.9 Å². The quantitative estimate of drug-likeness (QED) is 0.488. The van der Waals surface area contributed by atoms with Crippen molar-refractivity contribution < 1.29 is 14.0 Å². The Balaban J connectivity index is 2.33. The first-order chi connectivity index (χ1) is 7.03. The van der Waals surface area contributed by atoms with Crippen LogP contribution in [0.3, 0.4) is 0 Å². The molecule has 1 atom stereocenters. The minimum atomic E-state index is -3.65. The summed E-state index contributed by atoms with van der Waals surface area (Å²) >= 11 is 7.53. The fourth-order valence-corrected chi connectivity index (χ4v) is 4.37. The molecule has 0 aliphatic carbocycles. The monoisotopic (exact) mass is 285 g/mol. The van der Waals surface area contributed by atoms with Gasteiger partial charge in [-0.25, -0.2) is 0 Å². The first-order valence-corrected chi connectivity index (χ1v) is 8.10. The molecule has 0 aromatic carbocycles. The number of nitrogens with zero attached hydrogens (tertiary/aromatic N) is 1. The molecule has 15 heavy (non-hydrogen) atoms. The van der Waals surface area contributed by atoms with E-state index in [1.165, 1.54) is 23.1 Å². The molecule has 0 fully saturated rings. The average Bonchev–Trinajstić information content (AvgIpc) is 2.51. The summed E-state index contributed by atoms with van der Waals surface area (Å²) in [6.07, 6.45) is 0.0118. The summed E-state index contributed by atoms with van der Waals surface area (Å²) in [5.74, 6) is 0.427. The fraction of sp³-hybridized carbons (Fsp3) is 0.667. The van der Waals surface area contributed by atoms with Gasteiger partial charge in [-0.1, -0.05) is 23.1 Å². The Morgan fingerprint density at radius 2 is 2.53 bits per heavy atom. The molecule has 1 aromatic rings. The number of H-pyrrole nitrogens is 1. The van der Waals surface area contributed by atoms with Crippen LogP contribution in [-0.4, -0.2) is 28.7 Å². The van der Waals surface area contributed by atoms with Gasteiger partial charge in [-0.05, 0) is 19.1 Å². The van der Waals surface area contributed by atoms with Gasteiger partial charge in [0, 0.05) is 11.9 Å². The molecule has 1 heterocycles. The van der Waals surface area contributed by atoms with Gasteiger partial charge in [-0.2, -0.15) is 5.10 Å². The third-order valence-electron chi connectivity index (χ3n) is 1.33. The van der Waals surface area contributed by atoms with Crippen LogP contribution in [0, 0.1) is 3.95 Å². The van der Waals surface area contributed by atoms with Gasteiger partial charge in [0.2, 0.25) is 0 Å². The van der Waals surface area contributed by atoms with E-state index in [-0.39, 0.29) is 12.8 Å². The zero-order chi connectivity index (χ0) is 11.3. The predicted molar refractivity (Wildman–Crippen MR) is 62.1 cm³/mol. The molecule has 9 heteroatoms. The lowest BCUT2D eigenvalue weighted by Gasteiger charge is -2.21. The van der Waals surface area contributed by atoms with Crippen LogP contribution in [0.4, 0.5) is 0 Å². The maximum atomic E-state index is 11.2. The standard InChI is InChI=1S/C6H11N2O3PS3/c1-2-11-12(9,10)3-4-14-6-8-7-5(13)15-6/h2-4H2,1H3,(H,7,13)(H,9,10)/p-1. The van der Waals surface area contributed by atoms with Crippen LogP contribution in [-0.2, 0) is 9.09 Å². The van der Waals surface area contributed by atoms with Gasteiger partial charge in [0.1, 0.15) is 7.60 Å². The molecule has 1 unspecified atom stereocenters. The summed E-state index contributed by atoms with van der Waals surface area (Å²) in [7, 11) is -3.65. The van der Waals surface area contributed by atoms with Crippen LogP contribution < -0.4 is 4.89 Å². The van der Waals surface area contributed by atoms with Crippen molar-refractivity contribution in [3.05, 3.63) is 3.95 Å². The van der Waals surface area contributed by atoms with E-state index in [9.17, 15) is 9.46 Å². The second kappa shape index (κ2) is 6.12. The maximum absolute atomic E-state index is 11.2. The third-order valence-corrected chi connectivity index (χ3v) is 5.29. The topological polar surface area (TPSA) is 78.0 Å². The summed E-state index contributed by atoms with van der Waals surface area (Å²) < 4.78 is 17.1. The molecule has 1 aromatic heterocycles. The molecule has 5 nitrogen and oxygen atoms in total. The van der Waals surface area contributed by atoms with Gasteiger partial charge in [-0.15, -0.1) is 0 Å². The number of rotatable bonds is 6. The Labute approximate surface area is 101 Å². The van der Waals surface area contributed by atoms with Crippen LogP contribution in [0.5, 0.6) is 0 Å². The molecule has 0 saturated carbocycles. The lowest BCUT2D eigenvalue weighted by Crippen LogP contribution is -2.09. The van der Waals surface area contributed by atoms with Gasteiger partial charge in [-0.3, -0.25) is 5.10 Å². The van der Waals surface area contributed by atoms with E-state index in [1.54, 1.807) is 6.92 Å². The molecule has 1 rings (SSSR count). The number of hydrogen-bond donors (Lipinski definition) is 1. The summed E-state index contributed by atoms with van der Waals surface area (Å²) in [4.78, 5) is 11.2. The van der Waals surface area contributed by atoms with E-state index in [4.69, 9.17) is 12.2 Å². The summed E-state index contributed by atoms with van der Waals surface area (Å²) in [5, 5.41) is 6.53. The Morgan fingerprint density at radius 1 is 1.80 bits per heavy atom. The number of thioether (sulfide) groups is 1. The molecule has 1 N–H and O–H groups in total. The summed E-state index contributed by atoms with van der Waals surface area (Å²) in [6.45, 7) is 1.84. The highest BCUT2D eigenvalue weighted by Crippen LogP contribution is 2.38. The van der Waals surface area contributed by atoms with Gasteiger partial charge in [0.05, 0.1) is 6.61 Å². The first-order valence-electron chi connectivity index (χ1n) is 4.16. The molecule has 0 aliphatic heterocycles. The zero-order valence-corrected chi connectivity index (χ0v) is 11.3. The van der Waals surface area contributed by atoms with Crippen LogP contribution in [0.15, 0.2) is 4.34 Å². The van der Waals surface area contributed by atoms with Crippen molar-refractivity contribution in [2.75, 3.05) is 18.5 Å². The van der Waals surface area contributed by atoms with E-state index < -0.39 is 7.60 Å².